The molecule has 2 aliphatic heterocycles. The smallest absolute Gasteiger partial charge is 0.264 e. The van der Waals surface area contributed by atoms with Crippen LogP contribution < -0.4 is 27.4 Å². The highest BCUT2D eigenvalue weighted by molar-refractivity contribution is 6.25. The Balaban J connectivity index is 0.642. The summed E-state index contributed by atoms with van der Waals surface area (Å²) in [7, 11) is 0. The molecule has 1 saturated heterocycles. The molecular formula is C53H60N10O9. The van der Waals surface area contributed by atoms with E-state index in [2.05, 4.69) is 51.3 Å². The van der Waals surface area contributed by atoms with E-state index in [-0.39, 0.29) is 48.4 Å². The Morgan fingerprint density at radius 2 is 1.51 bits per heavy atom. The first kappa shape index (κ1) is 49.8. The summed E-state index contributed by atoms with van der Waals surface area (Å²) in [4.78, 5) is 66.8. The molecule has 0 spiro atoms. The van der Waals surface area contributed by atoms with Gasteiger partial charge in [-0.15, -0.1) is 0 Å². The van der Waals surface area contributed by atoms with Gasteiger partial charge in [-0.2, -0.15) is 0 Å². The molecule has 0 bridgehead atoms. The summed E-state index contributed by atoms with van der Waals surface area (Å²) in [6.07, 6.45) is 5.07. The number of nitrogens with two attached hydrogens (primary N) is 2. The van der Waals surface area contributed by atoms with Gasteiger partial charge in [-0.3, -0.25) is 28.6 Å². The number of rotatable bonds is 24. The first-order valence-electron chi connectivity index (χ1n) is 24.5. The fourth-order valence-corrected chi connectivity index (χ4v) is 9.20. The van der Waals surface area contributed by atoms with Gasteiger partial charge in [0.15, 0.2) is 11.5 Å². The van der Waals surface area contributed by atoms with E-state index in [1.807, 2.05) is 47.0 Å². The van der Waals surface area contributed by atoms with Crippen LogP contribution in [-0.2, 0) is 40.5 Å². The minimum absolute atomic E-state index is 0.0952. The monoisotopic (exact) mass is 980 g/mol. The SMILES string of the molecule is Nc1ncccc1-c1nc2ccc(-c3cccc(CCNC(=O)CCOCCOCCOCCOCCNc4cccc5c4C(=O)N(C4CCC(O)NC4=O)C5=O)c3)nc2n1-c1ccc(C2(N)CCC2)cc1. The van der Waals surface area contributed by atoms with Crippen molar-refractivity contribution in [3.8, 4) is 28.3 Å². The van der Waals surface area contributed by atoms with Crippen LogP contribution in [0.2, 0.25) is 0 Å². The molecule has 6 aromatic rings. The largest absolute Gasteiger partial charge is 0.383 e. The third kappa shape index (κ3) is 11.3. The molecule has 2 unspecified atom stereocenters. The van der Waals surface area contributed by atoms with Crippen LogP contribution >= 0.6 is 0 Å². The molecule has 0 radical (unpaired) electrons. The first-order chi connectivity index (χ1) is 35.1. The molecule has 9 rings (SSSR count). The number of aromatic nitrogens is 4. The van der Waals surface area contributed by atoms with Crippen molar-refractivity contribution in [2.45, 2.75) is 62.8 Å². The van der Waals surface area contributed by atoms with Gasteiger partial charge in [-0.25, -0.2) is 15.0 Å². The highest BCUT2D eigenvalue weighted by Gasteiger charge is 2.45. The van der Waals surface area contributed by atoms with E-state index < -0.39 is 30.0 Å². The van der Waals surface area contributed by atoms with Crippen LogP contribution in [0.1, 0.15) is 70.4 Å². The summed E-state index contributed by atoms with van der Waals surface area (Å²) in [5, 5.41) is 18.2. The Morgan fingerprint density at radius 1 is 0.792 bits per heavy atom. The number of nitrogens with one attached hydrogen (secondary N) is 3. The Morgan fingerprint density at radius 3 is 2.24 bits per heavy atom. The van der Waals surface area contributed by atoms with Gasteiger partial charge in [0.25, 0.3) is 11.8 Å². The number of amides is 4. The molecule has 3 aromatic heterocycles. The second-order valence-electron chi connectivity index (χ2n) is 18.1. The maximum atomic E-state index is 13.3. The molecular weight excluding hydrogens is 921 g/mol. The lowest BCUT2D eigenvalue weighted by Gasteiger charge is -2.38. The normalized spacial score (nSPS) is 17.2. The maximum absolute atomic E-state index is 13.3. The number of aliphatic hydroxyl groups is 1. The molecule has 2 fully saturated rings. The Hall–Kier alpha value is -7.13. The highest BCUT2D eigenvalue weighted by atomic mass is 16.6. The number of carbonyl (C=O) groups excluding carboxylic acids is 4. The molecule has 19 nitrogen and oxygen atoms in total. The highest BCUT2D eigenvalue weighted by Crippen LogP contribution is 2.40. The summed E-state index contributed by atoms with van der Waals surface area (Å²) in [5.41, 5.74) is 20.6. The van der Waals surface area contributed by atoms with Gasteiger partial charge >= 0.3 is 0 Å². The van der Waals surface area contributed by atoms with Crippen LogP contribution in [0, 0.1) is 0 Å². The van der Waals surface area contributed by atoms with Gasteiger partial charge in [-0.05, 0) is 104 Å². The number of imide groups is 1. The molecule has 8 N–H and O–H groups in total. The van der Waals surface area contributed by atoms with Gasteiger partial charge in [0, 0.05) is 48.2 Å². The van der Waals surface area contributed by atoms with Crippen LogP contribution in [0.5, 0.6) is 0 Å². The molecule has 5 heterocycles. The number of pyridine rings is 2. The van der Waals surface area contributed by atoms with Crippen LogP contribution in [0.4, 0.5) is 11.5 Å². The summed E-state index contributed by atoms with van der Waals surface area (Å²) in [5.74, 6) is -0.692. The number of anilines is 2. The zero-order valence-corrected chi connectivity index (χ0v) is 40.0. The predicted molar refractivity (Wildman–Crippen MR) is 269 cm³/mol. The van der Waals surface area contributed by atoms with Crippen LogP contribution in [0.15, 0.2) is 97.2 Å². The van der Waals surface area contributed by atoms with Crippen molar-refractivity contribution >= 4 is 46.3 Å². The average Bonchev–Trinajstić information content (AvgIpc) is 3.88. The van der Waals surface area contributed by atoms with Crippen molar-refractivity contribution < 1.29 is 43.2 Å². The van der Waals surface area contributed by atoms with E-state index in [0.717, 1.165) is 57.8 Å². The number of hydrogen-bond acceptors (Lipinski definition) is 15. The number of benzene rings is 3. The second-order valence-corrected chi connectivity index (χ2v) is 18.1. The maximum Gasteiger partial charge on any atom is 0.264 e. The van der Waals surface area contributed by atoms with E-state index in [1.165, 1.54) is 0 Å². The summed E-state index contributed by atoms with van der Waals surface area (Å²) in [6, 6.07) is 28.2. The van der Waals surface area contributed by atoms with Gasteiger partial charge in [-0.1, -0.05) is 36.4 Å². The predicted octanol–water partition coefficient (Wildman–Crippen LogP) is 4.49. The molecule has 376 valence electrons. The van der Waals surface area contributed by atoms with Gasteiger partial charge in [0.05, 0.1) is 75.2 Å². The number of hydrogen-bond donors (Lipinski definition) is 6. The number of carbonyl (C=O) groups is 4. The Bertz CT molecular complexity index is 2910. The fourth-order valence-electron chi connectivity index (χ4n) is 9.20. The molecule has 2 atom stereocenters. The molecule has 3 aliphatic rings. The summed E-state index contributed by atoms with van der Waals surface area (Å²) < 4.78 is 24.4. The molecule has 1 saturated carbocycles. The van der Waals surface area contributed by atoms with Gasteiger partial charge in [0.1, 0.15) is 23.6 Å². The summed E-state index contributed by atoms with van der Waals surface area (Å²) in [6.45, 7) is 3.62. The van der Waals surface area contributed by atoms with E-state index >= 15 is 0 Å². The Labute approximate surface area is 416 Å². The molecule has 72 heavy (non-hydrogen) atoms. The second kappa shape index (κ2) is 23.0. The van der Waals surface area contributed by atoms with E-state index in [1.54, 1.807) is 24.4 Å². The van der Waals surface area contributed by atoms with E-state index in [9.17, 15) is 24.3 Å². The third-order valence-corrected chi connectivity index (χ3v) is 13.2. The first-order valence-corrected chi connectivity index (χ1v) is 24.5. The number of fused-ring (bicyclic) bond motifs is 2. The molecule has 4 amide bonds. The van der Waals surface area contributed by atoms with Crippen molar-refractivity contribution in [2.75, 3.05) is 77.0 Å². The number of piperidine rings is 1. The van der Waals surface area contributed by atoms with Crippen molar-refractivity contribution in [1.29, 1.82) is 0 Å². The Kier molecular flexibility index (Phi) is 15.9. The van der Waals surface area contributed by atoms with Crippen LogP contribution in [0.25, 0.3) is 39.5 Å². The number of nitrogen functional groups attached to an aromatic ring is 1. The lowest BCUT2D eigenvalue weighted by molar-refractivity contribution is -0.131. The zero-order valence-electron chi connectivity index (χ0n) is 40.0. The zero-order chi connectivity index (χ0) is 50.0. The lowest BCUT2D eigenvalue weighted by Crippen LogP contribution is -2.55. The van der Waals surface area contributed by atoms with Crippen LogP contribution in [0.3, 0.4) is 0 Å². The van der Waals surface area contributed by atoms with Gasteiger partial charge < -0.3 is 51.5 Å². The number of nitrogens with zero attached hydrogens (tertiary/aromatic N) is 5. The van der Waals surface area contributed by atoms with Gasteiger partial charge in [0.2, 0.25) is 11.8 Å². The van der Waals surface area contributed by atoms with Crippen molar-refractivity contribution in [3.63, 3.8) is 0 Å². The van der Waals surface area contributed by atoms with E-state index in [0.29, 0.717) is 94.3 Å². The molecule has 3 aromatic carbocycles. The van der Waals surface area contributed by atoms with Crippen molar-refractivity contribution in [3.05, 3.63) is 119 Å². The standard InChI is InChI=1S/C53H60N10O9/c54-47-39(8-3-22-58-47)48-60-42-15-14-40(59-49(42)62(48)37-12-10-36(11-13-37)53(55)20-4-21-53)35-6-1-5-34(33-35)18-23-57-44(64)19-25-69-27-29-71-31-32-72-30-28-70-26-24-56-41-9-2-7-38-46(41)52(68)63(51(38)67)43-16-17-45(65)61-50(43)66/h1-3,5-15,22,33,43,45,56,65H,4,16-21,23-32,55H2,(H2,54,58)(H,57,64)(H,61,66). The minimum atomic E-state index is -0.988. The molecule has 1 aliphatic carbocycles. The number of imidazole rings is 1. The van der Waals surface area contributed by atoms with Crippen molar-refractivity contribution in [1.82, 2.24) is 35.1 Å². The topological polar surface area (TPSA) is 260 Å². The molecule has 19 heteroatoms. The average molecular weight is 981 g/mol. The summed E-state index contributed by atoms with van der Waals surface area (Å²) >= 11 is 0. The van der Waals surface area contributed by atoms with Crippen molar-refractivity contribution in [2.24, 2.45) is 5.73 Å². The minimum Gasteiger partial charge on any atom is -0.383 e. The van der Waals surface area contributed by atoms with Crippen LogP contribution in [-0.4, -0.2) is 131 Å². The number of ether oxygens (including phenoxy) is 4. The quantitative estimate of drug-likeness (QED) is 0.0361. The fraction of sp³-hybridized carbons (Fsp3) is 0.377. The lowest BCUT2D eigenvalue weighted by atomic mass is 9.73. The third-order valence-electron chi connectivity index (χ3n) is 13.2. The number of aliphatic hydroxyl groups excluding tert-OH is 1. The van der Waals surface area contributed by atoms with E-state index in [4.69, 9.17) is 40.4 Å².